The Bertz CT molecular complexity index is 706. The first-order chi connectivity index (χ1) is 12.3. The lowest BCUT2D eigenvalue weighted by Gasteiger charge is -2.23. The Balaban J connectivity index is 2.10. The third-order valence-corrected chi connectivity index (χ3v) is 3.55. The van der Waals surface area contributed by atoms with Crippen LogP contribution >= 0.6 is 0 Å². The van der Waals surface area contributed by atoms with Crippen LogP contribution in [0.15, 0.2) is 54.6 Å². The molecule has 0 aliphatic carbocycles. The number of rotatable bonds is 8. The maximum absolute atomic E-state index is 12.7. The van der Waals surface area contributed by atoms with Crippen LogP contribution in [0.5, 0.6) is 5.75 Å². The Labute approximate surface area is 149 Å². The zero-order valence-corrected chi connectivity index (χ0v) is 14.0. The number of benzene rings is 2. The number of carbonyl (C=O) groups is 1. The Morgan fingerprint density at radius 1 is 1.15 bits per heavy atom. The molecule has 2 rings (SSSR count). The monoisotopic (exact) mass is 368 g/mol. The van der Waals surface area contributed by atoms with Crippen LogP contribution in [0.1, 0.15) is 17.2 Å². The van der Waals surface area contributed by atoms with E-state index in [1.165, 1.54) is 17.1 Å². The van der Waals surface area contributed by atoms with Crippen LogP contribution in [0.25, 0.3) is 0 Å². The van der Waals surface area contributed by atoms with Crippen molar-refractivity contribution in [2.45, 2.75) is 12.3 Å². The molecule has 0 aliphatic rings. The van der Waals surface area contributed by atoms with Crippen molar-refractivity contribution in [3.05, 3.63) is 65.7 Å². The second-order valence-electron chi connectivity index (χ2n) is 5.65. The van der Waals surface area contributed by atoms with E-state index in [9.17, 15) is 18.0 Å². The normalized spacial score (nSPS) is 12.8. The van der Waals surface area contributed by atoms with Gasteiger partial charge in [-0.25, -0.2) is 5.01 Å². The third kappa shape index (κ3) is 6.05. The highest BCUT2D eigenvalue weighted by atomic mass is 19.4. The summed E-state index contributed by atoms with van der Waals surface area (Å²) in [6, 6.07) is 13.6. The van der Waals surface area contributed by atoms with Crippen molar-refractivity contribution in [1.82, 2.24) is 10.4 Å². The summed E-state index contributed by atoms with van der Waals surface area (Å²) in [7, 11) is 1.58. The van der Waals surface area contributed by atoms with Gasteiger partial charge in [0.05, 0.1) is 12.1 Å². The first kappa shape index (κ1) is 19.7. The number of ether oxygens (including phenoxy) is 1. The van der Waals surface area contributed by atoms with Crippen molar-refractivity contribution in [2.24, 2.45) is 0 Å². The van der Waals surface area contributed by atoms with Crippen molar-refractivity contribution < 1.29 is 27.8 Å². The molecule has 140 valence electrons. The lowest BCUT2D eigenvalue weighted by molar-refractivity contribution is -0.139. The molecular weight excluding hydrogens is 349 g/mol. The number of nitrogens with zero attached hydrogens (tertiary/aromatic N) is 1. The van der Waals surface area contributed by atoms with Crippen molar-refractivity contribution in [2.75, 3.05) is 20.1 Å². The van der Waals surface area contributed by atoms with Crippen molar-refractivity contribution >= 4 is 5.97 Å². The Hall–Kier alpha value is -2.58. The summed E-state index contributed by atoms with van der Waals surface area (Å²) in [5, 5.41) is 10.2. The zero-order valence-electron chi connectivity index (χ0n) is 14.0. The van der Waals surface area contributed by atoms with Gasteiger partial charge >= 0.3 is 12.1 Å². The first-order valence-corrected chi connectivity index (χ1v) is 7.81. The lowest BCUT2D eigenvalue weighted by atomic mass is 10.1. The summed E-state index contributed by atoms with van der Waals surface area (Å²) < 4.78 is 43.8. The molecule has 2 aromatic carbocycles. The number of aliphatic carboxylic acids is 1. The predicted octanol–water partition coefficient (Wildman–Crippen LogP) is 3.35. The van der Waals surface area contributed by atoms with E-state index in [-0.39, 0.29) is 18.8 Å². The average Bonchev–Trinajstić information content (AvgIpc) is 2.58. The Kier molecular flexibility index (Phi) is 6.59. The fraction of sp³-hybridized carbons (Fsp3) is 0.278. The standard InChI is InChI=1S/C18H19F3N2O3/c1-23(12-17(24)25)22-11-16(13-5-3-2-4-6-13)26-15-9-7-14(8-10-15)18(19,20)21/h2-10,16,22H,11-12H2,1H3,(H,24,25)/t16-/m1/s1. The molecule has 0 heterocycles. The summed E-state index contributed by atoms with van der Waals surface area (Å²) in [4.78, 5) is 10.7. The molecule has 2 aromatic rings. The summed E-state index contributed by atoms with van der Waals surface area (Å²) in [5.74, 6) is -0.700. The molecule has 2 N–H and O–H groups in total. The molecular formula is C18H19F3N2O3. The molecule has 0 fully saturated rings. The minimum absolute atomic E-state index is 0.207. The van der Waals surface area contributed by atoms with E-state index in [2.05, 4.69) is 5.43 Å². The lowest BCUT2D eigenvalue weighted by Crippen LogP contribution is -2.41. The Morgan fingerprint density at radius 3 is 2.31 bits per heavy atom. The molecule has 0 spiro atoms. The molecule has 0 bridgehead atoms. The average molecular weight is 368 g/mol. The SMILES string of the molecule is CN(CC(=O)O)NC[C@@H](Oc1ccc(C(F)(F)F)cc1)c1ccccc1. The highest BCUT2D eigenvalue weighted by Crippen LogP contribution is 2.31. The van der Waals surface area contributed by atoms with Gasteiger partial charge in [-0.1, -0.05) is 30.3 Å². The van der Waals surface area contributed by atoms with Gasteiger partial charge in [0.1, 0.15) is 18.4 Å². The van der Waals surface area contributed by atoms with E-state index in [0.717, 1.165) is 17.7 Å². The number of carboxylic acids is 1. The smallest absolute Gasteiger partial charge is 0.416 e. The summed E-state index contributed by atoms with van der Waals surface area (Å²) in [5.41, 5.74) is 2.98. The molecule has 26 heavy (non-hydrogen) atoms. The first-order valence-electron chi connectivity index (χ1n) is 7.81. The van der Waals surface area contributed by atoms with E-state index >= 15 is 0 Å². The van der Waals surface area contributed by atoms with Crippen molar-refractivity contribution in [3.8, 4) is 5.75 Å². The fourth-order valence-corrected chi connectivity index (χ4v) is 2.28. The fourth-order valence-electron chi connectivity index (χ4n) is 2.28. The number of hydrogen-bond donors (Lipinski definition) is 2. The maximum Gasteiger partial charge on any atom is 0.416 e. The quantitative estimate of drug-likeness (QED) is 0.700. The summed E-state index contributed by atoms with van der Waals surface area (Å²) in [6.07, 6.45) is -4.91. The molecule has 0 aromatic heterocycles. The van der Waals surface area contributed by atoms with Crippen LogP contribution in [-0.2, 0) is 11.0 Å². The van der Waals surface area contributed by atoms with Crippen LogP contribution in [-0.4, -0.2) is 36.2 Å². The minimum atomic E-state index is -4.40. The molecule has 0 radical (unpaired) electrons. The highest BCUT2D eigenvalue weighted by molar-refractivity contribution is 5.68. The van der Waals surface area contributed by atoms with Crippen molar-refractivity contribution in [3.63, 3.8) is 0 Å². The molecule has 0 saturated heterocycles. The van der Waals surface area contributed by atoms with Gasteiger partial charge in [-0.3, -0.25) is 10.2 Å². The molecule has 0 unspecified atom stereocenters. The van der Waals surface area contributed by atoms with Crippen molar-refractivity contribution in [1.29, 1.82) is 0 Å². The van der Waals surface area contributed by atoms with E-state index in [1.807, 2.05) is 30.3 Å². The van der Waals surface area contributed by atoms with Crippen LogP contribution in [0.4, 0.5) is 13.2 Å². The van der Waals surface area contributed by atoms with E-state index in [4.69, 9.17) is 9.84 Å². The second kappa shape index (κ2) is 8.68. The van der Waals surface area contributed by atoms with Gasteiger partial charge in [-0.2, -0.15) is 13.2 Å². The Morgan fingerprint density at radius 2 is 1.77 bits per heavy atom. The number of likely N-dealkylation sites (N-methyl/N-ethyl adjacent to an activating group) is 1. The topological polar surface area (TPSA) is 61.8 Å². The van der Waals surface area contributed by atoms with E-state index in [1.54, 1.807) is 7.05 Å². The summed E-state index contributed by atoms with van der Waals surface area (Å²) in [6.45, 7) is 0.0383. The zero-order chi connectivity index (χ0) is 19.2. The van der Waals surface area contributed by atoms with Crippen LogP contribution in [0.3, 0.4) is 0 Å². The largest absolute Gasteiger partial charge is 0.484 e. The van der Waals surface area contributed by atoms with E-state index < -0.39 is 23.8 Å². The van der Waals surface area contributed by atoms with Gasteiger partial charge in [-0.15, -0.1) is 0 Å². The second-order valence-corrected chi connectivity index (χ2v) is 5.65. The molecule has 0 saturated carbocycles. The summed E-state index contributed by atoms with van der Waals surface area (Å²) >= 11 is 0. The van der Waals surface area contributed by atoms with Crippen LogP contribution < -0.4 is 10.2 Å². The van der Waals surface area contributed by atoms with Crippen LogP contribution in [0.2, 0.25) is 0 Å². The minimum Gasteiger partial charge on any atom is -0.484 e. The number of hydrogen-bond acceptors (Lipinski definition) is 4. The maximum atomic E-state index is 12.7. The number of carboxylic acid groups (broad SMARTS) is 1. The highest BCUT2D eigenvalue weighted by Gasteiger charge is 2.30. The third-order valence-electron chi connectivity index (χ3n) is 3.55. The number of alkyl halides is 3. The van der Waals surface area contributed by atoms with Gasteiger partial charge in [0.15, 0.2) is 0 Å². The molecule has 0 amide bonds. The molecule has 0 aliphatic heterocycles. The molecule has 1 atom stereocenters. The number of halogens is 3. The molecule has 8 heteroatoms. The van der Waals surface area contributed by atoms with E-state index in [0.29, 0.717) is 0 Å². The van der Waals surface area contributed by atoms with Crippen LogP contribution in [0, 0.1) is 0 Å². The van der Waals surface area contributed by atoms with Gasteiger partial charge in [0.25, 0.3) is 0 Å². The van der Waals surface area contributed by atoms with Gasteiger partial charge in [0, 0.05) is 7.05 Å². The van der Waals surface area contributed by atoms with Gasteiger partial charge in [0.2, 0.25) is 0 Å². The van der Waals surface area contributed by atoms with Gasteiger partial charge in [-0.05, 0) is 29.8 Å². The number of nitrogens with one attached hydrogen (secondary N) is 1. The number of hydrazine groups is 1. The predicted molar refractivity (Wildman–Crippen MR) is 89.5 cm³/mol. The van der Waals surface area contributed by atoms with Gasteiger partial charge < -0.3 is 9.84 Å². The molecule has 5 nitrogen and oxygen atoms in total.